The second kappa shape index (κ2) is 38.5. The molecule has 5 rings (SSSR count). The first-order valence-corrected chi connectivity index (χ1v) is 39.2. The Morgan fingerprint density at radius 2 is 0.621 bits per heavy atom. The first-order valence-electron chi connectivity index (χ1n) is 27.1. The number of hydrogen-bond donors (Lipinski definition) is 0. The van der Waals surface area contributed by atoms with E-state index in [0.717, 1.165) is 0 Å². The van der Waals surface area contributed by atoms with Gasteiger partial charge >= 0.3 is 174 Å². The van der Waals surface area contributed by atoms with Crippen molar-refractivity contribution in [1.29, 1.82) is 0 Å². The summed E-state index contributed by atoms with van der Waals surface area (Å²) in [5.74, 6) is 0. The van der Waals surface area contributed by atoms with E-state index in [1.807, 2.05) is 25.6 Å². The number of aryl methyl sites for hydroxylation is 3. The molecule has 0 atom stereocenters. The molecule has 0 radical (unpaired) electrons. The fourth-order valence-electron chi connectivity index (χ4n) is 8.89. The van der Waals surface area contributed by atoms with E-state index in [-0.39, 0.29) is 0 Å². The van der Waals surface area contributed by atoms with Crippen LogP contribution in [0.1, 0.15) is 210 Å². The fraction of sp³-hybridized carbons (Fsp3) is 0.600. The van der Waals surface area contributed by atoms with E-state index in [2.05, 4.69) is 183 Å². The maximum Gasteiger partial charge on any atom is 0.0345 e. The van der Waals surface area contributed by atoms with Gasteiger partial charge in [-0.3, -0.25) is 0 Å². The summed E-state index contributed by atoms with van der Waals surface area (Å²) in [7, 11) is 0. The van der Waals surface area contributed by atoms with Crippen LogP contribution in [-0.4, -0.2) is 18.4 Å². The molecule has 66 heavy (non-hydrogen) atoms. The molecule has 0 aliphatic heterocycles. The van der Waals surface area contributed by atoms with Gasteiger partial charge in [0.2, 0.25) is 0 Å². The van der Waals surface area contributed by atoms with Crippen molar-refractivity contribution in [1.82, 2.24) is 0 Å². The molecule has 0 saturated carbocycles. The Hall–Kier alpha value is -0.201. The van der Waals surface area contributed by atoms with Crippen LogP contribution in [0.15, 0.2) is 84.9 Å². The third kappa shape index (κ3) is 25.3. The minimum absolute atomic E-state index is 1.24. The van der Waals surface area contributed by atoms with Crippen LogP contribution in [0.25, 0.3) is 20.9 Å². The molecular weight excluding hydrogens is 1190 g/mol. The predicted octanol–water partition coefficient (Wildman–Crippen LogP) is 22.6. The molecule has 0 N–H and O–H groups in total. The molecule has 3 aromatic heterocycles. The summed E-state index contributed by atoms with van der Waals surface area (Å²) in [5.41, 5.74) is 2.72. The van der Waals surface area contributed by atoms with Crippen LogP contribution in [-0.2, 0) is 19.3 Å². The number of halogens is 2. The SMILES string of the molecule is CCCCCCCCc1cc[c]([Sn]([CH2]CCC)([CH2]CCC)[CH2]CCC)s1.CCCCCCCCc1ccc(-c2ccc(-c3ccc(CCCCCCCC)s3)cc2)s1.Ic1ccc(I)cc1. The first-order chi connectivity index (χ1) is 32.3. The van der Waals surface area contributed by atoms with Gasteiger partial charge in [0.25, 0.3) is 0 Å². The first kappa shape index (κ1) is 60.1. The average Bonchev–Trinajstić information content (AvgIpc) is 4.14. The fourth-order valence-corrected chi connectivity index (χ4v) is 32.1. The maximum atomic E-state index is 2.61. The van der Waals surface area contributed by atoms with Crippen molar-refractivity contribution in [2.75, 3.05) is 0 Å². The van der Waals surface area contributed by atoms with Crippen molar-refractivity contribution in [3.63, 3.8) is 0 Å². The average molecular weight is 1280 g/mol. The third-order valence-corrected chi connectivity index (χ3v) is 36.4. The minimum Gasteiger partial charge on any atom is -0.140 e. The smallest absolute Gasteiger partial charge is 0.0345 e. The summed E-state index contributed by atoms with van der Waals surface area (Å²) < 4.78 is 9.36. The number of rotatable bonds is 33. The van der Waals surface area contributed by atoms with Crippen molar-refractivity contribution in [2.45, 2.75) is 228 Å². The summed E-state index contributed by atoms with van der Waals surface area (Å²) in [6.45, 7) is 14.0. The minimum atomic E-state index is -2.15. The zero-order valence-corrected chi connectivity index (χ0v) is 52.4. The summed E-state index contributed by atoms with van der Waals surface area (Å²) in [5, 5.41) is 0. The van der Waals surface area contributed by atoms with E-state index < -0.39 is 18.4 Å². The van der Waals surface area contributed by atoms with Crippen molar-refractivity contribution in [3.8, 4) is 20.9 Å². The van der Waals surface area contributed by atoms with Gasteiger partial charge < -0.3 is 0 Å². The summed E-state index contributed by atoms with van der Waals surface area (Å²) >= 11 is 8.65. The third-order valence-electron chi connectivity index (χ3n) is 13.1. The summed E-state index contributed by atoms with van der Waals surface area (Å²) in [6, 6.07) is 32.1. The topological polar surface area (TPSA) is 0 Å². The molecule has 5 aromatic rings. The van der Waals surface area contributed by atoms with Gasteiger partial charge in [0.1, 0.15) is 0 Å². The molecule has 0 nitrogen and oxygen atoms in total. The van der Waals surface area contributed by atoms with Crippen LogP contribution < -0.4 is 2.89 Å². The van der Waals surface area contributed by atoms with E-state index in [4.69, 9.17) is 0 Å². The van der Waals surface area contributed by atoms with E-state index in [1.165, 1.54) is 211 Å². The summed E-state index contributed by atoms with van der Waals surface area (Å²) in [4.78, 5) is 7.59. The van der Waals surface area contributed by atoms with Gasteiger partial charge in [-0.05, 0) is 131 Å². The zero-order valence-electron chi connectivity index (χ0n) is 42.8. The Bertz CT molecular complexity index is 1750. The number of hydrogen-bond acceptors (Lipinski definition) is 3. The van der Waals surface area contributed by atoms with E-state index in [0.29, 0.717) is 0 Å². The molecule has 0 spiro atoms. The molecule has 0 aliphatic carbocycles. The molecular formula is C60H92I2S3Sn. The Morgan fingerprint density at radius 3 is 0.970 bits per heavy atom. The Labute approximate surface area is 451 Å². The van der Waals surface area contributed by atoms with Gasteiger partial charge in [-0.15, -0.1) is 22.7 Å². The van der Waals surface area contributed by atoms with Crippen molar-refractivity contribution in [2.24, 2.45) is 0 Å². The normalized spacial score (nSPS) is 11.3. The van der Waals surface area contributed by atoms with Crippen LogP contribution in [0, 0.1) is 7.14 Å². The van der Waals surface area contributed by atoms with Gasteiger partial charge in [0.15, 0.2) is 0 Å². The van der Waals surface area contributed by atoms with E-state index in [9.17, 15) is 0 Å². The monoisotopic (exact) mass is 1280 g/mol. The number of thiophene rings is 3. The number of unbranched alkanes of at least 4 members (excludes halogenated alkanes) is 18. The Kier molecular flexibility index (Phi) is 35.0. The van der Waals surface area contributed by atoms with Crippen molar-refractivity contribution >= 4 is 100 Å². The molecule has 2 aromatic carbocycles. The second-order valence-electron chi connectivity index (χ2n) is 19.0. The van der Waals surface area contributed by atoms with Crippen LogP contribution in [0.5, 0.6) is 0 Å². The molecule has 0 aliphatic rings. The molecule has 0 fully saturated rings. The van der Waals surface area contributed by atoms with Crippen LogP contribution in [0.2, 0.25) is 13.3 Å². The molecule has 0 unspecified atom stereocenters. The van der Waals surface area contributed by atoms with Crippen molar-refractivity contribution < 1.29 is 0 Å². The van der Waals surface area contributed by atoms with Gasteiger partial charge in [-0.1, -0.05) is 102 Å². The standard InChI is InChI=1S/C30H42S2.C12H19S.C6H4I2.3C4H9.Sn/c1-3-5-7-9-11-13-15-27-21-23-29(31-27)25-17-19-26(20-18-25)30-24-22-28(32-30)16-14-12-10-8-6-4-2;1-2-3-4-5-6-7-9-12-10-8-11-13-12;7-5-1-2-6(8)4-3-5;3*1-3-4-2;/h17-24H,3-16H2,1-2H3;8,10H,2-7,9H2,1H3;1-4H;3*1,3-4H2,2H3;. The van der Waals surface area contributed by atoms with Gasteiger partial charge in [-0.2, -0.15) is 0 Å². The van der Waals surface area contributed by atoms with Gasteiger partial charge in [-0.25, -0.2) is 0 Å². The molecule has 6 heteroatoms. The van der Waals surface area contributed by atoms with Crippen LogP contribution in [0.4, 0.5) is 0 Å². The Balaban J connectivity index is 0.000000304. The Morgan fingerprint density at radius 1 is 0.318 bits per heavy atom. The van der Waals surface area contributed by atoms with Gasteiger partial charge in [0, 0.05) is 26.6 Å². The molecule has 0 saturated heterocycles. The molecule has 368 valence electrons. The molecule has 3 heterocycles. The summed E-state index contributed by atoms with van der Waals surface area (Å²) in [6.07, 6.45) is 37.4. The number of benzene rings is 2. The van der Waals surface area contributed by atoms with Crippen LogP contribution in [0.3, 0.4) is 0 Å². The molecule has 0 bridgehead atoms. The van der Waals surface area contributed by atoms with E-state index in [1.54, 1.807) is 18.2 Å². The molecule has 0 amide bonds. The largest absolute Gasteiger partial charge is 0.140 e. The zero-order chi connectivity index (χ0) is 47.5. The van der Waals surface area contributed by atoms with Crippen molar-refractivity contribution in [3.05, 3.63) is 107 Å². The van der Waals surface area contributed by atoms with Crippen LogP contribution >= 0.6 is 79.2 Å². The maximum absolute atomic E-state index is 2.61. The quantitative estimate of drug-likeness (QED) is 0.0223. The van der Waals surface area contributed by atoms with Gasteiger partial charge in [0.05, 0.1) is 0 Å². The second-order valence-corrected chi connectivity index (χ2v) is 39.1. The van der Waals surface area contributed by atoms with E-state index >= 15 is 0 Å². The predicted molar refractivity (Wildman–Crippen MR) is 325 cm³/mol.